The van der Waals surface area contributed by atoms with Crippen molar-refractivity contribution in [3.05, 3.63) is 54.7 Å². The van der Waals surface area contributed by atoms with Gasteiger partial charge in [-0.2, -0.15) is 0 Å². The van der Waals surface area contributed by atoms with Crippen molar-refractivity contribution in [2.24, 2.45) is 0 Å². The Bertz CT molecular complexity index is 656. The summed E-state index contributed by atoms with van der Waals surface area (Å²) in [6.07, 6.45) is 3.36. The zero-order valence-electron chi connectivity index (χ0n) is 10.6. The molecule has 1 unspecified atom stereocenters. The third kappa shape index (κ3) is 2.58. The summed E-state index contributed by atoms with van der Waals surface area (Å²) in [6.45, 7) is 0. The Labute approximate surface area is 129 Å². The van der Waals surface area contributed by atoms with Gasteiger partial charge in [0, 0.05) is 16.6 Å². The third-order valence-corrected chi connectivity index (χ3v) is 5.20. The monoisotopic (exact) mass is 352 g/mol. The van der Waals surface area contributed by atoms with Gasteiger partial charge in [-0.1, -0.05) is 0 Å². The lowest BCUT2D eigenvalue weighted by molar-refractivity contribution is -0.385. The molecule has 0 saturated carbocycles. The van der Waals surface area contributed by atoms with Crippen molar-refractivity contribution in [3.63, 3.8) is 0 Å². The van der Waals surface area contributed by atoms with Crippen molar-refractivity contribution < 1.29 is 4.92 Å². The smallest absolute Gasteiger partial charge is 0.285 e. The molecule has 20 heavy (non-hydrogen) atoms. The van der Waals surface area contributed by atoms with Gasteiger partial charge >= 0.3 is 0 Å². The maximum absolute atomic E-state index is 11.0. The van der Waals surface area contributed by atoms with Gasteiger partial charge in [0.1, 0.15) is 0 Å². The summed E-state index contributed by atoms with van der Waals surface area (Å²) < 4.78 is 0.507. The lowest BCUT2D eigenvalue weighted by atomic mass is 9.94. The zero-order chi connectivity index (χ0) is 14.1. The van der Waals surface area contributed by atoms with E-state index in [-0.39, 0.29) is 16.7 Å². The van der Waals surface area contributed by atoms with Crippen LogP contribution in [0.3, 0.4) is 0 Å². The fraction of sp³-hybridized carbons (Fsp3) is 0.286. The number of anilines is 1. The number of aryl methyl sites for hydroxylation is 1. The van der Waals surface area contributed by atoms with Crippen LogP contribution in [0, 0.1) is 10.1 Å². The second kappa shape index (κ2) is 5.54. The molecule has 1 aliphatic carbocycles. The van der Waals surface area contributed by atoms with Crippen LogP contribution < -0.4 is 5.32 Å². The molecule has 1 aromatic carbocycles. The summed E-state index contributed by atoms with van der Waals surface area (Å²) in [6, 6.07) is 7.59. The van der Waals surface area contributed by atoms with E-state index < -0.39 is 0 Å². The second-order valence-electron chi connectivity index (χ2n) is 4.81. The average Bonchev–Trinajstić information content (AvgIpc) is 2.90. The minimum atomic E-state index is -0.369. The fourth-order valence-corrected chi connectivity index (χ4v) is 3.96. The number of hydrogen-bond acceptors (Lipinski definition) is 4. The molecule has 0 amide bonds. The maximum atomic E-state index is 11.0. The second-order valence-corrected chi connectivity index (χ2v) is 6.67. The van der Waals surface area contributed by atoms with E-state index in [4.69, 9.17) is 0 Å². The molecule has 1 heterocycles. The number of benzene rings is 1. The number of nitro benzene ring substituents is 1. The Morgan fingerprint density at radius 2 is 2.25 bits per heavy atom. The molecule has 1 aromatic heterocycles. The van der Waals surface area contributed by atoms with Gasteiger partial charge in [0.2, 0.25) is 0 Å². The highest BCUT2D eigenvalue weighted by Gasteiger charge is 2.22. The summed E-state index contributed by atoms with van der Waals surface area (Å²) >= 11 is 5.00. The van der Waals surface area contributed by atoms with E-state index >= 15 is 0 Å². The number of nitrogens with zero attached hydrogens (tertiary/aromatic N) is 1. The van der Waals surface area contributed by atoms with E-state index in [0.29, 0.717) is 4.47 Å². The highest BCUT2D eigenvalue weighted by atomic mass is 79.9. The first-order valence-electron chi connectivity index (χ1n) is 6.42. The van der Waals surface area contributed by atoms with Crippen LogP contribution in [0.1, 0.15) is 29.3 Å². The molecule has 0 spiro atoms. The normalized spacial score (nSPS) is 17.6. The first kappa shape index (κ1) is 13.6. The Hall–Kier alpha value is -1.40. The number of nitrogens with one attached hydrogen (secondary N) is 1. The first-order chi connectivity index (χ1) is 9.65. The van der Waals surface area contributed by atoms with E-state index in [2.05, 4.69) is 32.7 Å². The molecule has 0 saturated heterocycles. The molecule has 0 bridgehead atoms. The minimum absolute atomic E-state index is 0.0938. The molecule has 2 aromatic rings. The van der Waals surface area contributed by atoms with Crippen molar-refractivity contribution in [1.29, 1.82) is 0 Å². The van der Waals surface area contributed by atoms with Gasteiger partial charge in [-0.15, -0.1) is 11.3 Å². The summed E-state index contributed by atoms with van der Waals surface area (Å²) in [5.74, 6) is 0. The van der Waals surface area contributed by atoms with Gasteiger partial charge in [-0.05, 0) is 64.3 Å². The van der Waals surface area contributed by atoms with E-state index in [1.165, 1.54) is 10.4 Å². The number of nitro groups is 1. The number of halogens is 1. The van der Waals surface area contributed by atoms with Crippen LogP contribution in [-0.4, -0.2) is 4.92 Å². The van der Waals surface area contributed by atoms with Gasteiger partial charge < -0.3 is 5.32 Å². The van der Waals surface area contributed by atoms with Crippen molar-refractivity contribution in [2.45, 2.75) is 25.3 Å². The van der Waals surface area contributed by atoms with Gasteiger partial charge in [0.25, 0.3) is 5.69 Å². The van der Waals surface area contributed by atoms with E-state index in [1.807, 2.05) is 6.07 Å². The lowest BCUT2D eigenvalue weighted by Gasteiger charge is -2.24. The maximum Gasteiger partial charge on any atom is 0.285 e. The average molecular weight is 353 g/mol. The molecule has 0 aliphatic heterocycles. The van der Waals surface area contributed by atoms with E-state index in [0.717, 1.165) is 24.9 Å². The molecule has 0 fully saturated rings. The third-order valence-electron chi connectivity index (χ3n) is 3.54. The van der Waals surface area contributed by atoms with Crippen LogP contribution in [0.2, 0.25) is 0 Å². The fourth-order valence-electron chi connectivity index (χ4n) is 2.58. The van der Waals surface area contributed by atoms with Crippen LogP contribution in [0.15, 0.2) is 34.1 Å². The quantitative estimate of drug-likeness (QED) is 0.630. The predicted octanol–water partition coefficient (Wildman–Crippen LogP) is 4.91. The molecule has 104 valence electrons. The summed E-state index contributed by atoms with van der Waals surface area (Å²) in [4.78, 5) is 12.0. The van der Waals surface area contributed by atoms with Crippen molar-refractivity contribution in [2.75, 3.05) is 5.32 Å². The number of fused-ring (bicyclic) bond motifs is 1. The number of rotatable bonds is 3. The van der Waals surface area contributed by atoms with Gasteiger partial charge in [0.05, 0.1) is 15.4 Å². The first-order valence-corrected chi connectivity index (χ1v) is 8.09. The van der Waals surface area contributed by atoms with E-state index in [1.54, 1.807) is 23.5 Å². The SMILES string of the molecule is O=[N+]([O-])c1cc(NC2CCCc3sccc32)ccc1Br. The van der Waals surface area contributed by atoms with Crippen LogP contribution in [0.25, 0.3) is 0 Å². The number of hydrogen-bond donors (Lipinski definition) is 1. The predicted molar refractivity (Wildman–Crippen MR) is 84.4 cm³/mol. The Balaban J connectivity index is 1.86. The summed E-state index contributed by atoms with van der Waals surface area (Å²) in [7, 11) is 0. The van der Waals surface area contributed by atoms with Crippen LogP contribution in [0.4, 0.5) is 11.4 Å². The van der Waals surface area contributed by atoms with Crippen LogP contribution in [0.5, 0.6) is 0 Å². The highest BCUT2D eigenvalue weighted by Crippen LogP contribution is 2.36. The van der Waals surface area contributed by atoms with Crippen LogP contribution in [-0.2, 0) is 6.42 Å². The molecule has 1 atom stereocenters. The molecule has 6 heteroatoms. The molecule has 0 radical (unpaired) electrons. The van der Waals surface area contributed by atoms with Crippen molar-refractivity contribution in [1.82, 2.24) is 0 Å². The molecule has 1 N–H and O–H groups in total. The molecule has 4 nitrogen and oxygen atoms in total. The minimum Gasteiger partial charge on any atom is -0.378 e. The van der Waals surface area contributed by atoms with Gasteiger partial charge in [-0.25, -0.2) is 0 Å². The Kier molecular flexibility index (Phi) is 3.76. The van der Waals surface area contributed by atoms with Crippen molar-refractivity contribution >= 4 is 38.6 Å². The molecule has 3 rings (SSSR count). The summed E-state index contributed by atoms with van der Waals surface area (Å²) in [5, 5.41) is 16.5. The Morgan fingerprint density at radius 3 is 3.05 bits per heavy atom. The highest BCUT2D eigenvalue weighted by molar-refractivity contribution is 9.10. The molecule has 1 aliphatic rings. The van der Waals surface area contributed by atoms with E-state index in [9.17, 15) is 10.1 Å². The lowest BCUT2D eigenvalue weighted by Crippen LogP contribution is -2.15. The summed E-state index contributed by atoms with van der Waals surface area (Å²) in [5.41, 5.74) is 2.23. The molecular weight excluding hydrogens is 340 g/mol. The number of thiophene rings is 1. The van der Waals surface area contributed by atoms with Crippen molar-refractivity contribution in [3.8, 4) is 0 Å². The Morgan fingerprint density at radius 1 is 1.40 bits per heavy atom. The zero-order valence-corrected chi connectivity index (χ0v) is 13.0. The standard InChI is InChI=1S/C14H13BrN2O2S/c15-11-5-4-9(8-13(11)17(18)19)16-12-2-1-3-14-10(12)6-7-20-14/h4-8,12,16H,1-3H2. The van der Waals surface area contributed by atoms with Gasteiger partial charge in [-0.3, -0.25) is 10.1 Å². The topological polar surface area (TPSA) is 55.2 Å². The largest absolute Gasteiger partial charge is 0.378 e. The van der Waals surface area contributed by atoms with Crippen LogP contribution >= 0.6 is 27.3 Å². The van der Waals surface area contributed by atoms with Gasteiger partial charge in [0.15, 0.2) is 0 Å². The molecular formula is C14H13BrN2O2S.